The molecule has 1 aromatic rings. The second-order valence-corrected chi connectivity index (χ2v) is 5.23. The van der Waals surface area contributed by atoms with E-state index < -0.39 is 0 Å². The van der Waals surface area contributed by atoms with Crippen LogP contribution >= 0.6 is 0 Å². The number of ether oxygens (including phenoxy) is 1. The lowest BCUT2D eigenvalue weighted by molar-refractivity contribution is -0.146. The van der Waals surface area contributed by atoms with Crippen molar-refractivity contribution in [2.45, 2.75) is 32.0 Å². The monoisotopic (exact) mass is 262 g/mol. The van der Waals surface area contributed by atoms with Crippen molar-refractivity contribution in [3.63, 3.8) is 0 Å². The third-order valence-corrected chi connectivity index (χ3v) is 3.92. The predicted octanol–water partition coefficient (Wildman–Crippen LogP) is 1.92. The number of carbonyl (C=O) groups is 1. The Labute approximate surface area is 114 Å². The molecule has 0 bridgehead atoms. The lowest BCUT2D eigenvalue weighted by Crippen LogP contribution is -2.42. The zero-order valence-electron chi connectivity index (χ0n) is 11.4. The molecule has 4 nitrogen and oxygen atoms in total. The van der Waals surface area contributed by atoms with Crippen molar-refractivity contribution in [1.29, 1.82) is 0 Å². The molecule has 0 saturated carbocycles. The summed E-state index contributed by atoms with van der Waals surface area (Å²) in [7, 11) is 0. The molecule has 1 saturated heterocycles. The van der Waals surface area contributed by atoms with Crippen LogP contribution in [0.25, 0.3) is 0 Å². The summed E-state index contributed by atoms with van der Waals surface area (Å²) in [5.74, 6) is 0.573. The Balaban J connectivity index is 2.03. The Morgan fingerprint density at radius 1 is 1.32 bits per heavy atom. The molecule has 1 unspecified atom stereocenters. The molecule has 2 N–H and O–H groups in total. The molecule has 1 aliphatic heterocycles. The molecule has 4 heteroatoms. The number of likely N-dealkylation sites (tertiary alicyclic amines) is 1. The highest BCUT2D eigenvalue weighted by atomic mass is 16.5. The number of hydrogen-bond acceptors (Lipinski definition) is 4. The van der Waals surface area contributed by atoms with Gasteiger partial charge in [-0.1, -0.05) is 30.3 Å². The lowest BCUT2D eigenvalue weighted by atomic mass is 9.90. The van der Waals surface area contributed by atoms with Gasteiger partial charge >= 0.3 is 0 Å². The summed E-state index contributed by atoms with van der Waals surface area (Å²) in [6.45, 7) is 4.44. The molecule has 1 aliphatic rings. The van der Waals surface area contributed by atoms with Crippen molar-refractivity contribution in [1.82, 2.24) is 4.90 Å². The standard InChI is InChI=1S/C15H22N2O2/c1-12(16)13-7-9-17(10-8-13)15(19-11-18)14-5-3-2-4-6-14/h2-6,11-13,15H,7-10,16H2,1H3/t12-,15?/m0/s1. The van der Waals surface area contributed by atoms with E-state index in [0.29, 0.717) is 12.4 Å². The predicted molar refractivity (Wildman–Crippen MR) is 74.3 cm³/mol. The van der Waals surface area contributed by atoms with Crippen molar-refractivity contribution in [2.75, 3.05) is 13.1 Å². The summed E-state index contributed by atoms with van der Waals surface area (Å²) < 4.78 is 5.28. The number of benzene rings is 1. The summed E-state index contributed by atoms with van der Waals surface area (Å²) in [4.78, 5) is 12.9. The minimum atomic E-state index is -0.271. The van der Waals surface area contributed by atoms with Crippen LogP contribution in [0.2, 0.25) is 0 Å². The maximum atomic E-state index is 10.7. The third-order valence-electron chi connectivity index (χ3n) is 3.92. The Morgan fingerprint density at radius 3 is 2.47 bits per heavy atom. The average Bonchev–Trinajstić information content (AvgIpc) is 2.46. The number of nitrogens with two attached hydrogens (primary N) is 1. The van der Waals surface area contributed by atoms with Gasteiger partial charge in [0.05, 0.1) is 0 Å². The van der Waals surface area contributed by atoms with E-state index in [1.165, 1.54) is 0 Å². The summed E-state index contributed by atoms with van der Waals surface area (Å²) in [5.41, 5.74) is 6.97. The first-order valence-electron chi connectivity index (χ1n) is 6.86. The largest absolute Gasteiger partial charge is 0.444 e. The molecule has 0 spiro atoms. The first-order valence-corrected chi connectivity index (χ1v) is 6.86. The van der Waals surface area contributed by atoms with Crippen LogP contribution in [0.15, 0.2) is 30.3 Å². The topological polar surface area (TPSA) is 55.6 Å². The van der Waals surface area contributed by atoms with Gasteiger partial charge in [-0.25, -0.2) is 0 Å². The van der Waals surface area contributed by atoms with E-state index >= 15 is 0 Å². The van der Waals surface area contributed by atoms with Crippen LogP contribution in [0.4, 0.5) is 0 Å². The molecule has 2 atom stereocenters. The molecule has 0 amide bonds. The maximum Gasteiger partial charge on any atom is 0.294 e. The molecule has 1 aromatic carbocycles. The molecule has 19 heavy (non-hydrogen) atoms. The number of nitrogens with zero attached hydrogens (tertiary/aromatic N) is 1. The fourth-order valence-corrected chi connectivity index (χ4v) is 2.73. The van der Waals surface area contributed by atoms with Gasteiger partial charge in [-0.3, -0.25) is 9.69 Å². The van der Waals surface area contributed by atoms with Crippen molar-refractivity contribution in [3.8, 4) is 0 Å². The fraction of sp³-hybridized carbons (Fsp3) is 0.533. The molecule has 0 aromatic heterocycles. The SMILES string of the molecule is C[C@H](N)C1CCN(C(OC=O)c2ccccc2)CC1. The Hall–Kier alpha value is -1.39. The van der Waals surface area contributed by atoms with Gasteiger partial charge < -0.3 is 10.5 Å². The second-order valence-electron chi connectivity index (χ2n) is 5.23. The van der Waals surface area contributed by atoms with Crippen molar-refractivity contribution >= 4 is 6.47 Å². The summed E-state index contributed by atoms with van der Waals surface area (Å²) in [5, 5.41) is 0. The molecule has 0 radical (unpaired) electrons. The average molecular weight is 262 g/mol. The van der Waals surface area contributed by atoms with Gasteiger partial charge in [-0.05, 0) is 25.7 Å². The first-order chi connectivity index (χ1) is 9.22. The van der Waals surface area contributed by atoms with Gasteiger partial charge in [-0.2, -0.15) is 0 Å². The number of piperidine rings is 1. The van der Waals surface area contributed by atoms with Crippen molar-refractivity contribution in [2.24, 2.45) is 11.7 Å². The highest BCUT2D eigenvalue weighted by molar-refractivity contribution is 5.38. The minimum Gasteiger partial charge on any atom is -0.444 e. The quantitative estimate of drug-likeness (QED) is 0.824. The molecular weight excluding hydrogens is 240 g/mol. The van der Waals surface area contributed by atoms with Crippen LogP contribution in [0.3, 0.4) is 0 Å². The summed E-state index contributed by atoms with van der Waals surface area (Å²) in [6.07, 6.45) is 1.85. The van der Waals surface area contributed by atoms with Crippen LogP contribution < -0.4 is 5.73 Å². The molecule has 0 aliphatic carbocycles. The molecule has 1 fully saturated rings. The van der Waals surface area contributed by atoms with Gasteiger partial charge in [0.15, 0.2) is 6.23 Å². The van der Waals surface area contributed by atoms with Crippen molar-refractivity contribution in [3.05, 3.63) is 35.9 Å². The highest BCUT2D eigenvalue weighted by Crippen LogP contribution is 2.28. The Kier molecular flexibility index (Phi) is 4.93. The van der Waals surface area contributed by atoms with Gasteiger partial charge in [0.2, 0.25) is 0 Å². The smallest absolute Gasteiger partial charge is 0.294 e. The summed E-state index contributed by atoms with van der Waals surface area (Å²) in [6, 6.07) is 10.1. The number of carbonyl (C=O) groups excluding carboxylic acids is 1. The summed E-state index contributed by atoms with van der Waals surface area (Å²) >= 11 is 0. The molecule has 1 heterocycles. The minimum absolute atomic E-state index is 0.240. The van der Waals surface area contributed by atoms with E-state index in [9.17, 15) is 4.79 Å². The maximum absolute atomic E-state index is 10.7. The van der Waals surface area contributed by atoms with Crippen LogP contribution in [0.5, 0.6) is 0 Å². The highest BCUT2D eigenvalue weighted by Gasteiger charge is 2.28. The van der Waals surface area contributed by atoms with E-state index in [2.05, 4.69) is 11.8 Å². The Bertz CT molecular complexity index is 386. The van der Waals surface area contributed by atoms with Gasteiger partial charge in [0, 0.05) is 24.7 Å². The van der Waals surface area contributed by atoms with Crippen LogP contribution in [-0.2, 0) is 9.53 Å². The fourth-order valence-electron chi connectivity index (χ4n) is 2.73. The second kappa shape index (κ2) is 6.68. The Morgan fingerprint density at radius 2 is 1.95 bits per heavy atom. The molecule has 104 valence electrons. The zero-order valence-corrected chi connectivity index (χ0v) is 11.4. The van der Waals surface area contributed by atoms with Gasteiger partial charge in [-0.15, -0.1) is 0 Å². The van der Waals surface area contributed by atoms with Crippen LogP contribution in [-0.4, -0.2) is 30.5 Å². The molecule has 2 rings (SSSR count). The van der Waals surface area contributed by atoms with E-state index in [4.69, 9.17) is 10.5 Å². The van der Waals surface area contributed by atoms with E-state index in [-0.39, 0.29) is 12.3 Å². The zero-order chi connectivity index (χ0) is 13.7. The lowest BCUT2D eigenvalue weighted by Gasteiger charge is -2.37. The van der Waals surface area contributed by atoms with Gasteiger partial charge in [0.25, 0.3) is 6.47 Å². The third kappa shape index (κ3) is 3.55. The number of rotatable bonds is 5. The van der Waals surface area contributed by atoms with Crippen LogP contribution in [0.1, 0.15) is 31.6 Å². The normalized spacial score (nSPS) is 20.7. The van der Waals surface area contributed by atoms with Crippen molar-refractivity contribution < 1.29 is 9.53 Å². The van der Waals surface area contributed by atoms with Crippen LogP contribution in [0, 0.1) is 5.92 Å². The molecular formula is C15H22N2O2. The van der Waals surface area contributed by atoms with E-state index in [1.54, 1.807) is 0 Å². The number of hydrogen-bond donors (Lipinski definition) is 1. The van der Waals surface area contributed by atoms with E-state index in [1.807, 2.05) is 30.3 Å². The van der Waals surface area contributed by atoms with Gasteiger partial charge in [0.1, 0.15) is 0 Å². The van der Waals surface area contributed by atoms with E-state index in [0.717, 1.165) is 31.5 Å². The first kappa shape index (κ1) is 14.0.